The van der Waals surface area contributed by atoms with E-state index in [-0.39, 0.29) is 25.7 Å². The summed E-state index contributed by atoms with van der Waals surface area (Å²) in [5, 5.41) is 10.6. The van der Waals surface area contributed by atoms with Gasteiger partial charge in [-0.3, -0.25) is 37.3 Å². The minimum atomic E-state index is -4.99. The molecule has 0 fully saturated rings. The molecular formula is C85H150O17P2. The second-order valence-corrected chi connectivity index (χ2v) is 30.6. The molecule has 0 aliphatic carbocycles. The van der Waals surface area contributed by atoms with Crippen LogP contribution in [0.1, 0.15) is 362 Å². The van der Waals surface area contributed by atoms with Crippen LogP contribution in [0.25, 0.3) is 0 Å². The van der Waals surface area contributed by atoms with Gasteiger partial charge in [-0.1, -0.05) is 330 Å². The molecule has 0 aliphatic rings. The third kappa shape index (κ3) is 76.2. The van der Waals surface area contributed by atoms with Crippen LogP contribution in [-0.2, 0) is 65.4 Å². The van der Waals surface area contributed by atoms with E-state index >= 15 is 0 Å². The van der Waals surface area contributed by atoms with E-state index in [9.17, 15) is 43.2 Å². The molecule has 0 radical (unpaired) electrons. The third-order valence-corrected chi connectivity index (χ3v) is 19.5. The first kappa shape index (κ1) is 100.0. The SMILES string of the molecule is CCCCC/C=C\C/C=C\C/C=C\C/C=C\CCCC(=O)OC[C@H](COP(=O)(O)OC[C@@H](O)COP(=O)(O)OC[C@@H](COC(=O)CCCCCCCCCCCCCCC)OC(=O)CCC/C=C\C/C=C\C/C=C\C/C=C\CCCCC)OC(=O)CCCCCCCCCCCCCCCCCCC. The molecule has 0 aromatic carbocycles. The first-order valence-corrected chi connectivity index (χ1v) is 44.5. The summed E-state index contributed by atoms with van der Waals surface area (Å²) < 4.78 is 68.6. The topological polar surface area (TPSA) is 237 Å². The van der Waals surface area contributed by atoms with Gasteiger partial charge in [0.1, 0.15) is 19.3 Å². The minimum Gasteiger partial charge on any atom is -0.462 e. The summed E-state index contributed by atoms with van der Waals surface area (Å²) in [6.07, 6.45) is 82.5. The third-order valence-electron chi connectivity index (χ3n) is 17.6. The van der Waals surface area contributed by atoms with E-state index in [0.29, 0.717) is 38.5 Å². The summed E-state index contributed by atoms with van der Waals surface area (Å²) in [5.74, 6) is -2.28. The molecule has 2 unspecified atom stereocenters. The number of unbranched alkanes of at least 4 members (excludes halogenated alkanes) is 36. The highest BCUT2D eigenvalue weighted by Crippen LogP contribution is 2.45. The van der Waals surface area contributed by atoms with Gasteiger partial charge in [-0.15, -0.1) is 0 Å². The van der Waals surface area contributed by atoms with Crippen molar-refractivity contribution in [2.75, 3.05) is 39.6 Å². The Morgan fingerprint density at radius 3 is 0.769 bits per heavy atom. The number of aliphatic hydroxyl groups excluding tert-OH is 1. The maximum absolute atomic E-state index is 13.1. The number of allylic oxidation sites excluding steroid dienone is 16. The van der Waals surface area contributed by atoms with Crippen molar-refractivity contribution in [1.29, 1.82) is 0 Å². The van der Waals surface area contributed by atoms with Gasteiger partial charge in [0.25, 0.3) is 0 Å². The van der Waals surface area contributed by atoms with Crippen molar-refractivity contribution >= 4 is 39.5 Å². The lowest BCUT2D eigenvalue weighted by Gasteiger charge is -2.21. The Bertz CT molecular complexity index is 2350. The van der Waals surface area contributed by atoms with Crippen molar-refractivity contribution in [3.8, 4) is 0 Å². The average Bonchev–Trinajstić information content (AvgIpc) is 0.936. The normalized spacial score (nSPS) is 14.3. The van der Waals surface area contributed by atoms with Gasteiger partial charge in [0.05, 0.1) is 26.4 Å². The smallest absolute Gasteiger partial charge is 0.462 e. The Hall–Kier alpha value is -4.02. The number of esters is 4. The minimum absolute atomic E-state index is 0.0203. The fourth-order valence-corrected chi connectivity index (χ4v) is 12.8. The number of rotatable bonds is 78. The Morgan fingerprint density at radius 2 is 0.481 bits per heavy atom. The molecule has 0 spiro atoms. The van der Waals surface area contributed by atoms with Crippen molar-refractivity contribution in [3.05, 3.63) is 97.2 Å². The molecule has 5 atom stereocenters. The van der Waals surface area contributed by atoms with Gasteiger partial charge in [0, 0.05) is 25.7 Å². The molecule has 0 aliphatic heterocycles. The number of hydrogen-bond acceptors (Lipinski definition) is 15. The monoisotopic (exact) mass is 1510 g/mol. The highest BCUT2D eigenvalue weighted by atomic mass is 31.2. The van der Waals surface area contributed by atoms with Crippen LogP contribution in [0.4, 0.5) is 0 Å². The van der Waals surface area contributed by atoms with Crippen molar-refractivity contribution in [2.45, 2.75) is 380 Å². The molecular weight excluding hydrogens is 1350 g/mol. The summed E-state index contributed by atoms with van der Waals surface area (Å²) in [4.78, 5) is 73.0. The summed E-state index contributed by atoms with van der Waals surface area (Å²) >= 11 is 0. The van der Waals surface area contributed by atoms with E-state index in [1.807, 2.05) is 24.3 Å². The van der Waals surface area contributed by atoms with E-state index in [0.717, 1.165) is 96.3 Å². The molecule has 104 heavy (non-hydrogen) atoms. The average molecular weight is 1510 g/mol. The van der Waals surface area contributed by atoms with Crippen LogP contribution in [0.15, 0.2) is 97.2 Å². The molecule has 0 heterocycles. The maximum atomic E-state index is 13.1. The summed E-state index contributed by atoms with van der Waals surface area (Å²) in [6, 6.07) is 0. The van der Waals surface area contributed by atoms with Crippen molar-refractivity contribution in [2.24, 2.45) is 0 Å². The van der Waals surface area contributed by atoms with Crippen LogP contribution in [0.2, 0.25) is 0 Å². The zero-order chi connectivity index (χ0) is 76.0. The summed E-state index contributed by atoms with van der Waals surface area (Å²) in [7, 11) is -9.98. The van der Waals surface area contributed by atoms with Crippen LogP contribution in [0.3, 0.4) is 0 Å². The predicted molar refractivity (Wildman–Crippen MR) is 427 cm³/mol. The highest BCUT2D eigenvalue weighted by Gasteiger charge is 2.30. The molecule has 0 rings (SSSR count). The van der Waals surface area contributed by atoms with Gasteiger partial charge >= 0.3 is 39.5 Å². The zero-order valence-corrected chi connectivity index (χ0v) is 67.7. The highest BCUT2D eigenvalue weighted by molar-refractivity contribution is 7.47. The molecule has 19 heteroatoms. The number of carbonyl (C=O) groups is 4. The number of carbonyl (C=O) groups excluding carboxylic acids is 4. The van der Waals surface area contributed by atoms with E-state index < -0.39 is 97.5 Å². The number of phosphoric ester groups is 2. The van der Waals surface area contributed by atoms with Crippen LogP contribution >= 0.6 is 15.6 Å². The van der Waals surface area contributed by atoms with Crippen LogP contribution < -0.4 is 0 Å². The van der Waals surface area contributed by atoms with E-state index in [4.69, 9.17) is 37.0 Å². The van der Waals surface area contributed by atoms with Crippen molar-refractivity contribution in [3.63, 3.8) is 0 Å². The van der Waals surface area contributed by atoms with Gasteiger partial charge < -0.3 is 33.8 Å². The molecule has 0 bridgehead atoms. The molecule has 0 amide bonds. The number of phosphoric acid groups is 2. The van der Waals surface area contributed by atoms with E-state index in [2.05, 4.69) is 101 Å². The van der Waals surface area contributed by atoms with Crippen molar-refractivity contribution in [1.82, 2.24) is 0 Å². The van der Waals surface area contributed by atoms with Gasteiger partial charge in [-0.05, 0) is 103 Å². The summed E-state index contributed by atoms with van der Waals surface area (Å²) in [6.45, 7) is 4.76. The molecule has 0 aromatic rings. The first-order valence-electron chi connectivity index (χ1n) is 41.5. The zero-order valence-electron chi connectivity index (χ0n) is 65.9. The molecule has 0 saturated heterocycles. The molecule has 3 N–H and O–H groups in total. The quantitative estimate of drug-likeness (QED) is 0.0169. The number of ether oxygens (including phenoxy) is 4. The second kappa shape index (κ2) is 77.1. The fourth-order valence-electron chi connectivity index (χ4n) is 11.2. The van der Waals surface area contributed by atoms with Gasteiger partial charge in [-0.2, -0.15) is 0 Å². The van der Waals surface area contributed by atoms with Crippen LogP contribution in [0, 0.1) is 0 Å². The van der Waals surface area contributed by atoms with E-state index in [1.165, 1.54) is 173 Å². The van der Waals surface area contributed by atoms with Gasteiger partial charge in [0.2, 0.25) is 0 Å². The fraction of sp³-hybridized carbons (Fsp3) is 0.765. The lowest BCUT2D eigenvalue weighted by Crippen LogP contribution is -2.30. The Labute approximate surface area is 633 Å². The maximum Gasteiger partial charge on any atom is 0.472 e. The Balaban J connectivity index is 5.43. The second-order valence-electron chi connectivity index (χ2n) is 27.7. The lowest BCUT2D eigenvalue weighted by molar-refractivity contribution is -0.161. The largest absolute Gasteiger partial charge is 0.472 e. The summed E-state index contributed by atoms with van der Waals surface area (Å²) in [5.41, 5.74) is 0. The Kier molecular flexibility index (Phi) is 74.2. The van der Waals surface area contributed by atoms with E-state index in [1.54, 1.807) is 0 Å². The number of hydrogen-bond donors (Lipinski definition) is 3. The lowest BCUT2D eigenvalue weighted by atomic mass is 10.0. The first-order chi connectivity index (χ1) is 50.7. The van der Waals surface area contributed by atoms with Crippen molar-refractivity contribution < 1.29 is 80.2 Å². The van der Waals surface area contributed by atoms with Gasteiger partial charge in [0.15, 0.2) is 12.2 Å². The Morgan fingerprint density at radius 1 is 0.269 bits per heavy atom. The molecule has 17 nitrogen and oxygen atoms in total. The molecule has 602 valence electrons. The molecule has 0 saturated carbocycles. The predicted octanol–water partition coefficient (Wildman–Crippen LogP) is 24.3. The molecule has 0 aromatic heterocycles. The number of aliphatic hydroxyl groups is 1. The van der Waals surface area contributed by atoms with Gasteiger partial charge in [-0.25, -0.2) is 9.13 Å². The standard InChI is InChI=1S/C85H150O17P2/c1-5-9-13-17-21-25-29-33-36-39-42-46-50-54-58-62-66-70-83(88)96-76-81(102-85(90)72-68-64-60-56-52-48-44-41-38-35-31-27-23-19-15-11-7-3)78-100-104(93,94)98-74-79(86)73-97-103(91,92)99-77-80(75-95-82(87)69-65-61-57-53-49-45-32-28-24-20-16-12-8-4)101-84(89)71-67-63-59-55-51-47-43-40-37-34-30-26-22-18-14-10-6-2/h21-22,25-26,33-34,36-37,42-43,46-47,54-55,58-59,79-81,86H,5-20,23-24,27-32,35,38-41,44-45,48-53,56-57,60-78H2,1-4H3,(H,91,92)(H,93,94)/b25-21-,26-22-,36-33-,37-34-,46-42-,47-43-,58-54-,59-55-/t79-,80+,81+/m0/s1. The van der Waals surface area contributed by atoms with Crippen LogP contribution in [-0.4, -0.2) is 96.7 Å². The van der Waals surface area contributed by atoms with Crippen LogP contribution in [0.5, 0.6) is 0 Å².